The number of urea groups is 1. The maximum Gasteiger partial charge on any atom is 0.389 e. The number of guanidine groups is 1. The van der Waals surface area contributed by atoms with Gasteiger partial charge in [-0.05, 0) is 0 Å². The molecule has 0 fully saturated rings. The zero-order chi connectivity index (χ0) is 5.28. The summed E-state index contributed by atoms with van der Waals surface area (Å²) in [6.07, 6.45) is 0. The maximum absolute atomic E-state index is 9.93. The topological polar surface area (TPSA) is 115 Å². The molecule has 6 heteroatoms. The highest BCUT2D eigenvalue weighted by atomic mass is 16.2. The number of amides is 2. The molecule has 2 amide bonds. The number of hydrogen-bond acceptors (Lipinski definition) is 4. The minimum atomic E-state index is -0.627. The molecule has 0 aromatic heterocycles. The summed E-state index contributed by atoms with van der Waals surface area (Å²) in [5.74, 6) is -0.0648. The number of rotatable bonds is 0. The second-order valence-corrected chi connectivity index (χ2v) is 0.953. The normalized spacial score (nSPS) is 15.5. The average molecular weight is 115 g/mol. The van der Waals surface area contributed by atoms with Gasteiger partial charge < -0.3 is 11.9 Å². The zero-order valence-corrected chi connectivity index (χ0v) is 4.03. The lowest BCUT2D eigenvalue weighted by molar-refractivity contribution is 0.257. The Labute approximate surface area is 45.1 Å². The minimum absolute atomic E-state index is 0. The van der Waals surface area contributed by atoms with Crippen molar-refractivity contribution in [3.8, 4) is 0 Å². The standard InChI is InChI=1S/C2H2N4O.H3N/c3-1-4-2(7)6-5-1;/h(H2,3,4,7);1H3. The summed E-state index contributed by atoms with van der Waals surface area (Å²) in [6.45, 7) is 0. The van der Waals surface area contributed by atoms with Crippen LogP contribution in [0.2, 0.25) is 0 Å². The van der Waals surface area contributed by atoms with Crippen molar-refractivity contribution in [2.75, 3.05) is 0 Å². The number of aliphatic imine (C=N–C) groups is 1. The third-order valence-corrected chi connectivity index (χ3v) is 0.448. The number of hydrogen-bond donors (Lipinski definition) is 2. The van der Waals surface area contributed by atoms with Crippen molar-refractivity contribution in [3.05, 3.63) is 0 Å². The quantitative estimate of drug-likeness (QED) is 0.464. The van der Waals surface area contributed by atoms with Crippen LogP contribution in [0.5, 0.6) is 0 Å². The molecule has 44 valence electrons. The lowest BCUT2D eigenvalue weighted by Crippen LogP contribution is -2.03. The molecule has 5 N–H and O–H groups in total. The van der Waals surface area contributed by atoms with E-state index in [0.29, 0.717) is 0 Å². The molecule has 1 aliphatic rings. The van der Waals surface area contributed by atoms with Gasteiger partial charge >= 0.3 is 6.03 Å². The van der Waals surface area contributed by atoms with Crippen molar-refractivity contribution in [2.45, 2.75) is 0 Å². The predicted molar refractivity (Wildman–Crippen MR) is 26.9 cm³/mol. The van der Waals surface area contributed by atoms with Gasteiger partial charge in [0.25, 0.3) is 0 Å². The van der Waals surface area contributed by atoms with Crippen molar-refractivity contribution >= 4 is 12.0 Å². The van der Waals surface area contributed by atoms with E-state index < -0.39 is 6.03 Å². The Morgan fingerprint density at radius 1 is 1.38 bits per heavy atom. The molecule has 8 heavy (non-hydrogen) atoms. The van der Waals surface area contributed by atoms with E-state index in [2.05, 4.69) is 15.2 Å². The molecule has 0 saturated heterocycles. The smallest absolute Gasteiger partial charge is 0.366 e. The summed E-state index contributed by atoms with van der Waals surface area (Å²) in [5.41, 5.74) is 4.89. The van der Waals surface area contributed by atoms with Gasteiger partial charge in [0.2, 0.25) is 5.96 Å². The van der Waals surface area contributed by atoms with Gasteiger partial charge in [0.05, 0.1) is 0 Å². The highest BCUT2D eigenvalue weighted by Gasteiger charge is 2.03. The van der Waals surface area contributed by atoms with E-state index in [9.17, 15) is 4.79 Å². The first-order valence-electron chi connectivity index (χ1n) is 1.59. The Kier molecular flexibility index (Phi) is 1.78. The van der Waals surface area contributed by atoms with Crippen LogP contribution in [0, 0.1) is 0 Å². The summed E-state index contributed by atoms with van der Waals surface area (Å²) < 4.78 is 0. The largest absolute Gasteiger partial charge is 0.389 e. The van der Waals surface area contributed by atoms with Crippen molar-refractivity contribution in [3.63, 3.8) is 0 Å². The van der Waals surface area contributed by atoms with Crippen molar-refractivity contribution in [1.82, 2.24) is 6.15 Å². The second-order valence-electron chi connectivity index (χ2n) is 0.953. The molecule has 0 aliphatic carbocycles. The van der Waals surface area contributed by atoms with E-state index in [0.717, 1.165) is 0 Å². The third-order valence-electron chi connectivity index (χ3n) is 0.448. The number of nitrogens with two attached hydrogens (primary N) is 1. The van der Waals surface area contributed by atoms with Crippen LogP contribution in [0.4, 0.5) is 4.79 Å². The summed E-state index contributed by atoms with van der Waals surface area (Å²) in [5, 5.41) is 6.09. The zero-order valence-electron chi connectivity index (χ0n) is 4.03. The number of azo groups is 1. The maximum atomic E-state index is 9.93. The molecule has 0 aromatic carbocycles. The van der Waals surface area contributed by atoms with E-state index in [-0.39, 0.29) is 12.1 Å². The van der Waals surface area contributed by atoms with E-state index in [1.807, 2.05) is 0 Å². The van der Waals surface area contributed by atoms with Crippen molar-refractivity contribution in [2.24, 2.45) is 21.0 Å². The van der Waals surface area contributed by atoms with Gasteiger partial charge in [-0.25, -0.2) is 4.79 Å². The fourth-order valence-corrected chi connectivity index (χ4v) is 0.237. The SMILES string of the molecule is N.NC1=NC(=O)N=N1. The van der Waals surface area contributed by atoms with E-state index in [4.69, 9.17) is 5.73 Å². The molecule has 0 unspecified atom stereocenters. The molecule has 1 rings (SSSR count). The fourth-order valence-electron chi connectivity index (χ4n) is 0.237. The van der Waals surface area contributed by atoms with Gasteiger partial charge in [0.1, 0.15) is 0 Å². The molecule has 1 heterocycles. The Balaban J connectivity index is 0.000000490. The molecule has 0 saturated carbocycles. The molecule has 0 spiro atoms. The predicted octanol–water partition coefficient (Wildman–Crippen LogP) is 0.0489. The van der Waals surface area contributed by atoms with Crippen LogP contribution in [-0.4, -0.2) is 12.0 Å². The van der Waals surface area contributed by atoms with Gasteiger partial charge in [-0.15, -0.1) is 5.11 Å². The third kappa shape index (κ3) is 1.09. The lowest BCUT2D eigenvalue weighted by atomic mass is 11.0. The van der Waals surface area contributed by atoms with Crippen molar-refractivity contribution < 1.29 is 4.79 Å². The molecule has 0 bridgehead atoms. The van der Waals surface area contributed by atoms with Crippen molar-refractivity contribution in [1.29, 1.82) is 0 Å². The Hall–Kier alpha value is -1.30. The van der Waals surface area contributed by atoms with Gasteiger partial charge in [-0.3, -0.25) is 0 Å². The van der Waals surface area contributed by atoms with Crippen LogP contribution < -0.4 is 11.9 Å². The lowest BCUT2D eigenvalue weighted by Gasteiger charge is -1.68. The van der Waals surface area contributed by atoms with Crippen LogP contribution >= 0.6 is 0 Å². The summed E-state index contributed by atoms with van der Waals surface area (Å²) >= 11 is 0. The molecule has 0 aromatic rings. The first kappa shape index (κ1) is 6.70. The monoisotopic (exact) mass is 115 g/mol. The summed E-state index contributed by atoms with van der Waals surface area (Å²) in [4.78, 5) is 13.0. The first-order valence-corrected chi connectivity index (χ1v) is 1.59. The van der Waals surface area contributed by atoms with Gasteiger partial charge in [0.15, 0.2) is 0 Å². The number of carbonyl (C=O) groups is 1. The Morgan fingerprint density at radius 2 is 2.00 bits per heavy atom. The highest BCUT2D eigenvalue weighted by Crippen LogP contribution is 1.91. The second kappa shape index (κ2) is 2.12. The number of nitrogens with zero attached hydrogens (tertiary/aromatic N) is 3. The van der Waals surface area contributed by atoms with Crippen LogP contribution in [0.3, 0.4) is 0 Å². The fraction of sp³-hybridized carbons (Fsp3) is 0. The van der Waals surface area contributed by atoms with E-state index in [1.165, 1.54) is 0 Å². The first-order chi connectivity index (χ1) is 3.29. The summed E-state index contributed by atoms with van der Waals surface area (Å²) in [6, 6.07) is -0.627. The van der Waals surface area contributed by atoms with Gasteiger partial charge in [-0.1, -0.05) is 5.11 Å². The number of carbonyl (C=O) groups excluding carboxylic acids is 1. The Morgan fingerprint density at radius 3 is 2.12 bits per heavy atom. The Bertz CT molecular complexity index is 158. The van der Waals surface area contributed by atoms with Gasteiger partial charge in [0, 0.05) is 0 Å². The van der Waals surface area contributed by atoms with E-state index in [1.54, 1.807) is 0 Å². The van der Waals surface area contributed by atoms with E-state index >= 15 is 0 Å². The van der Waals surface area contributed by atoms with Crippen LogP contribution in [0.1, 0.15) is 0 Å². The summed E-state index contributed by atoms with van der Waals surface area (Å²) in [7, 11) is 0. The molecule has 0 radical (unpaired) electrons. The molecule has 6 nitrogen and oxygen atoms in total. The van der Waals surface area contributed by atoms with Crippen LogP contribution in [0.25, 0.3) is 0 Å². The highest BCUT2D eigenvalue weighted by molar-refractivity contribution is 5.96. The molecular weight excluding hydrogens is 110 g/mol. The van der Waals surface area contributed by atoms with Gasteiger partial charge in [-0.2, -0.15) is 4.99 Å². The molecule has 0 atom stereocenters. The molecule has 1 aliphatic heterocycles. The average Bonchev–Trinajstić information content (AvgIpc) is 1.87. The minimum Gasteiger partial charge on any atom is -0.366 e. The van der Waals surface area contributed by atoms with Crippen LogP contribution in [-0.2, 0) is 0 Å². The molecular formula is C2H5N5O. The van der Waals surface area contributed by atoms with Crippen LogP contribution in [0.15, 0.2) is 15.2 Å².